The van der Waals surface area contributed by atoms with E-state index in [1.165, 1.54) is 5.56 Å². The number of nitrogens with one attached hydrogen (secondary N) is 1. The molecule has 2 aliphatic rings. The van der Waals surface area contributed by atoms with Crippen LogP contribution in [0.3, 0.4) is 0 Å². The number of aryl methyl sites for hydroxylation is 1. The molecule has 5 heterocycles. The van der Waals surface area contributed by atoms with Gasteiger partial charge in [-0.1, -0.05) is 0 Å². The van der Waals surface area contributed by atoms with E-state index in [1.807, 2.05) is 24.1 Å². The number of piperazine rings is 1. The molecule has 8 nitrogen and oxygen atoms in total. The van der Waals surface area contributed by atoms with Gasteiger partial charge in [0.15, 0.2) is 0 Å². The van der Waals surface area contributed by atoms with Crippen molar-refractivity contribution in [3.63, 3.8) is 0 Å². The quantitative estimate of drug-likeness (QED) is 0.710. The summed E-state index contributed by atoms with van der Waals surface area (Å²) in [5, 5.41) is 10.0. The van der Waals surface area contributed by atoms with E-state index in [-0.39, 0.29) is 0 Å². The van der Waals surface area contributed by atoms with Crippen LogP contribution in [0.2, 0.25) is 0 Å². The highest BCUT2D eigenvalue weighted by molar-refractivity contribution is 7.17. The van der Waals surface area contributed by atoms with Crippen LogP contribution in [0.5, 0.6) is 0 Å². The molecule has 2 saturated heterocycles. The molecule has 2 aliphatic heterocycles. The Balaban J connectivity index is 1.58. The highest BCUT2D eigenvalue weighted by Gasteiger charge is 2.21. The van der Waals surface area contributed by atoms with Gasteiger partial charge in [-0.2, -0.15) is 5.10 Å². The van der Waals surface area contributed by atoms with Crippen LogP contribution in [0.4, 0.5) is 5.95 Å². The summed E-state index contributed by atoms with van der Waals surface area (Å²) in [5.41, 5.74) is 4.40. The molecule has 0 saturated carbocycles. The van der Waals surface area contributed by atoms with Crippen LogP contribution in [-0.4, -0.2) is 77.1 Å². The normalized spacial score (nSPS) is 18.8. The second kappa shape index (κ2) is 7.75. The van der Waals surface area contributed by atoms with E-state index in [0.717, 1.165) is 86.4 Å². The summed E-state index contributed by atoms with van der Waals surface area (Å²) in [6, 6.07) is 0. The fourth-order valence-corrected chi connectivity index (χ4v) is 4.83. The highest BCUT2D eigenvalue weighted by atomic mass is 32.1. The molecule has 0 bridgehead atoms. The SMILES string of the molecule is Cn1cc(-c2nc(N3CCOCC3)nc3c(CN4CCNCC4)csc23)cn1. The molecule has 148 valence electrons. The molecule has 0 aromatic carbocycles. The fraction of sp³-hybridized carbons (Fsp3) is 0.526. The van der Waals surface area contributed by atoms with Crippen molar-refractivity contribution in [2.24, 2.45) is 7.05 Å². The van der Waals surface area contributed by atoms with Gasteiger partial charge in [-0.25, -0.2) is 9.97 Å². The second-order valence-corrected chi connectivity index (χ2v) is 8.22. The van der Waals surface area contributed by atoms with Crippen molar-refractivity contribution in [2.75, 3.05) is 57.4 Å². The first kappa shape index (κ1) is 18.0. The summed E-state index contributed by atoms with van der Waals surface area (Å²) in [4.78, 5) is 14.7. The monoisotopic (exact) mass is 399 g/mol. The fourth-order valence-electron chi connectivity index (χ4n) is 3.82. The number of thiophene rings is 1. The summed E-state index contributed by atoms with van der Waals surface area (Å²) >= 11 is 1.74. The van der Waals surface area contributed by atoms with Gasteiger partial charge in [-0.3, -0.25) is 9.58 Å². The average molecular weight is 400 g/mol. The molecule has 0 atom stereocenters. The minimum Gasteiger partial charge on any atom is -0.378 e. The molecule has 28 heavy (non-hydrogen) atoms. The van der Waals surface area contributed by atoms with Crippen molar-refractivity contribution < 1.29 is 4.74 Å². The standard InChI is InChI=1S/C19H25N7OS/c1-24-11-14(10-21-24)16-18-17(23-19(22-16)26-6-8-27-9-7-26)15(13-28-18)12-25-4-2-20-3-5-25/h10-11,13,20H,2-9,12H2,1H3. The van der Waals surface area contributed by atoms with E-state index in [0.29, 0.717) is 0 Å². The van der Waals surface area contributed by atoms with Crippen molar-refractivity contribution in [1.29, 1.82) is 0 Å². The Morgan fingerprint density at radius 1 is 1.14 bits per heavy atom. The lowest BCUT2D eigenvalue weighted by Gasteiger charge is -2.28. The number of anilines is 1. The Labute approximate surface area is 168 Å². The predicted octanol–water partition coefficient (Wildman–Crippen LogP) is 1.33. The van der Waals surface area contributed by atoms with Gasteiger partial charge >= 0.3 is 0 Å². The summed E-state index contributed by atoms with van der Waals surface area (Å²) in [5.74, 6) is 0.801. The molecule has 3 aromatic heterocycles. The van der Waals surface area contributed by atoms with E-state index in [9.17, 15) is 0 Å². The zero-order valence-corrected chi connectivity index (χ0v) is 16.9. The van der Waals surface area contributed by atoms with Gasteiger partial charge < -0.3 is 15.0 Å². The van der Waals surface area contributed by atoms with Crippen molar-refractivity contribution in [3.05, 3.63) is 23.3 Å². The summed E-state index contributed by atoms with van der Waals surface area (Å²) < 4.78 is 8.49. The molecular weight excluding hydrogens is 374 g/mol. The van der Waals surface area contributed by atoms with Gasteiger partial charge in [-0.05, 0) is 5.38 Å². The minimum absolute atomic E-state index is 0.723. The molecular formula is C19H25N7OS. The maximum atomic E-state index is 5.52. The molecule has 2 fully saturated rings. The lowest BCUT2D eigenvalue weighted by molar-refractivity contribution is 0.122. The summed E-state index contributed by atoms with van der Waals surface area (Å²) in [7, 11) is 1.94. The van der Waals surface area contributed by atoms with Crippen molar-refractivity contribution in [2.45, 2.75) is 6.54 Å². The summed E-state index contributed by atoms with van der Waals surface area (Å²) in [6.45, 7) is 8.30. The third-order valence-electron chi connectivity index (χ3n) is 5.35. The Morgan fingerprint density at radius 2 is 1.96 bits per heavy atom. The van der Waals surface area contributed by atoms with Gasteiger partial charge in [0.1, 0.15) is 0 Å². The molecule has 0 radical (unpaired) electrons. The molecule has 0 unspecified atom stereocenters. The number of hydrogen-bond acceptors (Lipinski definition) is 8. The van der Waals surface area contributed by atoms with Crippen LogP contribution in [-0.2, 0) is 18.3 Å². The Hall–Kier alpha value is -2.07. The van der Waals surface area contributed by atoms with E-state index in [4.69, 9.17) is 14.7 Å². The second-order valence-electron chi connectivity index (χ2n) is 7.34. The van der Waals surface area contributed by atoms with E-state index in [1.54, 1.807) is 11.3 Å². The topological polar surface area (TPSA) is 71.3 Å². The molecule has 9 heteroatoms. The largest absolute Gasteiger partial charge is 0.378 e. The van der Waals surface area contributed by atoms with Crippen LogP contribution < -0.4 is 10.2 Å². The first-order chi connectivity index (χ1) is 13.8. The Morgan fingerprint density at radius 3 is 2.71 bits per heavy atom. The van der Waals surface area contributed by atoms with Crippen LogP contribution in [0.25, 0.3) is 21.5 Å². The van der Waals surface area contributed by atoms with E-state index >= 15 is 0 Å². The number of rotatable bonds is 4. The lowest BCUT2D eigenvalue weighted by Crippen LogP contribution is -2.42. The maximum absolute atomic E-state index is 5.52. The number of morpholine rings is 1. The predicted molar refractivity (Wildman–Crippen MR) is 111 cm³/mol. The van der Waals surface area contributed by atoms with E-state index in [2.05, 4.69) is 25.6 Å². The first-order valence-electron chi connectivity index (χ1n) is 9.81. The van der Waals surface area contributed by atoms with Gasteiger partial charge in [0.25, 0.3) is 0 Å². The van der Waals surface area contributed by atoms with Crippen LogP contribution in [0, 0.1) is 0 Å². The van der Waals surface area contributed by atoms with Crippen LogP contribution >= 0.6 is 11.3 Å². The third-order valence-corrected chi connectivity index (χ3v) is 6.38. The number of fused-ring (bicyclic) bond motifs is 1. The molecule has 0 spiro atoms. The maximum Gasteiger partial charge on any atom is 0.226 e. The van der Waals surface area contributed by atoms with Crippen molar-refractivity contribution >= 4 is 27.5 Å². The van der Waals surface area contributed by atoms with Gasteiger partial charge in [0, 0.05) is 70.2 Å². The first-order valence-corrected chi connectivity index (χ1v) is 10.7. The summed E-state index contributed by atoms with van der Waals surface area (Å²) in [6.07, 6.45) is 3.92. The smallest absolute Gasteiger partial charge is 0.226 e. The number of aromatic nitrogens is 4. The molecule has 1 N–H and O–H groups in total. The lowest BCUT2D eigenvalue weighted by atomic mass is 10.2. The zero-order valence-electron chi connectivity index (χ0n) is 16.1. The van der Waals surface area contributed by atoms with Crippen LogP contribution in [0.1, 0.15) is 5.56 Å². The zero-order chi connectivity index (χ0) is 18.9. The third kappa shape index (κ3) is 3.50. The van der Waals surface area contributed by atoms with Crippen molar-refractivity contribution in [1.82, 2.24) is 30.0 Å². The van der Waals surface area contributed by atoms with Gasteiger partial charge in [-0.15, -0.1) is 11.3 Å². The molecule has 0 amide bonds. The number of nitrogens with zero attached hydrogens (tertiary/aromatic N) is 6. The number of ether oxygens (including phenoxy) is 1. The molecule has 0 aliphatic carbocycles. The van der Waals surface area contributed by atoms with E-state index < -0.39 is 0 Å². The molecule has 3 aromatic rings. The molecule has 5 rings (SSSR count). The Bertz CT molecular complexity index is 957. The van der Waals surface area contributed by atoms with Crippen molar-refractivity contribution in [3.8, 4) is 11.3 Å². The van der Waals surface area contributed by atoms with Gasteiger partial charge in [0.2, 0.25) is 5.95 Å². The van der Waals surface area contributed by atoms with Gasteiger partial charge in [0.05, 0.1) is 35.3 Å². The number of hydrogen-bond donors (Lipinski definition) is 1. The minimum atomic E-state index is 0.723. The Kier molecular flexibility index (Phi) is 4.98. The average Bonchev–Trinajstić information content (AvgIpc) is 3.35. The highest BCUT2D eigenvalue weighted by Crippen LogP contribution is 2.35. The van der Waals surface area contributed by atoms with Crippen LogP contribution in [0.15, 0.2) is 17.8 Å².